The molecule has 4 nitrogen and oxygen atoms in total. The van der Waals surface area contributed by atoms with Gasteiger partial charge in [0.15, 0.2) is 0 Å². The Kier molecular flexibility index (Phi) is 5.05. The number of carbonyl (C=O) groups excluding carboxylic acids is 1. The van der Waals surface area contributed by atoms with Crippen molar-refractivity contribution in [2.24, 2.45) is 11.7 Å². The summed E-state index contributed by atoms with van der Waals surface area (Å²) in [6.45, 7) is 5.01. The van der Waals surface area contributed by atoms with Gasteiger partial charge in [-0.05, 0) is 38.8 Å². The molecule has 1 unspecified atom stereocenters. The molecule has 0 radical (unpaired) electrons. The summed E-state index contributed by atoms with van der Waals surface area (Å²) in [7, 11) is 1.44. The predicted octanol–water partition coefficient (Wildman–Crippen LogP) is 0.609. The third-order valence-electron chi connectivity index (χ3n) is 3.24. The topological polar surface area (TPSA) is 55.6 Å². The van der Waals surface area contributed by atoms with Crippen LogP contribution in [0.1, 0.15) is 26.2 Å². The molecule has 1 heterocycles. The van der Waals surface area contributed by atoms with E-state index in [0.717, 1.165) is 32.5 Å². The van der Waals surface area contributed by atoms with E-state index in [4.69, 9.17) is 5.73 Å². The first-order valence-electron chi connectivity index (χ1n) is 5.68. The first-order valence-corrected chi connectivity index (χ1v) is 5.68. The molecular weight excluding hydrogens is 192 g/mol. The summed E-state index contributed by atoms with van der Waals surface area (Å²) < 4.78 is 4.62. The average Bonchev–Trinajstić information content (AvgIpc) is 2.26. The van der Waals surface area contributed by atoms with E-state index in [0.29, 0.717) is 18.4 Å². The summed E-state index contributed by atoms with van der Waals surface area (Å²) >= 11 is 0. The molecule has 0 saturated carbocycles. The Balaban J connectivity index is 2.17. The highest BCUT2D eigenvalue weighted by molar-refractivity contribution is 5.69. The SMILES string of the molecule is COC(=O)CCN1CCC(C(C)N)CC1. The minimum absolute atomic E-state index is 0.121. The molecule has 0 aliphatic carbocycles. The van der Waals surface area contributed by atoms with Crippen LogP contribution in [0, 0.1) is 5.92 Å². The van der Waals surface area contributed by atoms with Crippen molar-refractivity contribution in [2.75, 3.05) is 26.7 Å². The molecule has 0 bridgehead atoms. The van der Waals surface area contributed by atoms with Gasteiger partial charge < -0.3 is 15.4 Å². The lowest BCUT2D eigenvalue weighted by molar-refractivity contribution is -0.141. The van der Waals surface area contributed by atoms with Crippen molar-refractivity contribution in [1.82, 2.24) is 4.90 Å². The zero-order valence-electron chi connectivity index (χ0n) is 9.74. The summed E-state index contributed by atoms with van der Waals surface area (Å²) in [6, 6.07) is 0.299. The van der Waals surface area contributed by atoms with E-state index >= 15 is 0 Å². The third-order valence-corrected chi connectivity index (χ3v) is 3.24. The average molecular weight is 214 g/mol. The van der Waals surface area contributed by atoms with Crippen molar-refractivity contribution in [1.29, 1.82) is 0 Å². The van der Waals surface area contributed by atoms with E-state index in [1.807, 2.05) is 0 Å². The highest BCUT2D eigenvalue weighted by Crippen LogP contribution is 2.19. The summed E-state index contributed by atoms with van der Waals surface area (Å²) in [5.41, 5.74) is 5.86. The molecule has 15 heavy (non-hydrogen) atoms. The van der Waals surface area contributed by atoms with Gasteiger partial charge in [0.05, 0.1) is 13.5 Å². The number of nitrogens with zero attached hydrogens (tertiary/aromatic N) is 1. The predicted molar refractivity (Wildman–Crippen MR) is 59.4 cm³/mol. The van der Waals surface area contributed by atoms with Gasteiger partial charge in [-0.25, -0.2) is 0 Å². The van der Waals surface area contributed by atoms with Crippen LogP contribution in [0.15, 0.2) is 0 Å². The van der Waals surface area contributed by atoms with Crippen LogP contribution < -0.4 is 5.73 Å². The minimum atomic E-state index is -0.121. The van der Waals surface area contributed by atoms with Crippen LogP contribution in [-0.2, 0) is 9.53 Å². The van der Waals surface area contributed by atoms with Crippen molar-refractivity contribution in [3.63, 3.8) is 0 Å². The van der Waals surface area contributed by atoms with E-state index in [1.54, 1.807) is 0 Å². The van der Waals surface area contributed by atoms with Gasteiger partial charge in [-0.15, -0.1) is 0 Å². The number of nitrogens with two attached hydrogens (primary N) is 1. The number of ether oxygens (including phenoxy) is 1. The number of hydrogen-bond acceptors (Lipinski definition) is 4. The van der Waals surface area contributed by atoms with Crippen LogP contribution in [0.5, 0.6) is 0 Å². The highest BCUT2D eigenvalue weighted by Gasteiger charge is 2.21. The Morgan fingerprint density at radius 3 is 2.60 bits per heavy atom. The molecule has 0 aromatic heterocycles. The van der Waals surface area contributed by atoms with E-state index in [-0.39, 0.29) is 5.97 Å². The Hall–Kier alpha value is -0.610. The standard InChI is InChI=1S/C11H22N2O2/c1-9(12)10-3-6-13(7-4-10)8-5-11(14)15-2/h9-10H,3-8,12H2,1-2H3. The maximum atomic E-state index is 11.0. The number of rotatable bonds is 4. The summed E-state index contributed by atoms with van der Waals surface area (Å²) in [6.07, 6.45) is 2.80. The molecule has 1 saturated heterocycles. The van der Waals surface area contributed by atoms with Crippen molar-refractivity contribution in [3.8, 4) is 0 Å². The molecule has 0 amide bonds. The quantitative estimate of drug-likeness (QED) is 0.697. The second-order valence-corrected chi connectivity index (χ2v) is 4.36. The number of likely N-dealkylation sites (tertiary alicyclic amines) is 1. The minimum Gasteiger partial charge on any atom is -0.469 e. The Labute approximate surface area is 91.8 Å². The molecule has 88 valence electrons. The molecule has 1 aliphatic heterocycles. The van der Waals surface area contributed by atoms with Crippen LogP contribution in [0.3, 0.4) is 0 Å². The largest absolute Gasteiger partial charge is 0.469 e. The van der Waals surface area contributed by atoms with Gasteiger partial charge in [0.1, 0.15) is 0 Å². The number of piperidine rings is 1. The first-order chi connectivity index (χ1) is 7.13. The molecule has 1 rings (SSSR count). The highest BCUT2D eigenvalue weighted by atomic mass is 16.5. The third kappa shape index (κ3) is 4.18. The fourth-order valence-corrected chi connectivity index (χ4v) is 2.05. The maximum absolute atomic E-state index is 11.0. The van der Waals surface area contributed by atoms with Gasteiger partial charge in [-0.3, -0.25) is 4.79 Å². The molecule has 0 aromatic rings. The van der Waals surface area contributed by atoms with E-state index in [2.05, 4.69) is 16.6 Å². The Morgan fingerprint density at radius 2 is 2.13 bits per heavy atom. The van der Waals surface area contributed by atoms with Crippen LogP contribution in [0.2, 0.25) is 0 Å². The first kappa shape index (κ1) is 12.5. The van der Waals surface area contributed by atoms with Gasteiger partial charge in [-0.1, -0.05) is 0 Å². The van der Waals surface area contributed by atoms with E-state index < -0.39 is 0 Å². The van der Waals surface area contributed by atoms with Gasteiger partial charge in [0.2, 0.25) is 0 Å². The maximum Gasteiger partial charge on any atom is 0.306 e. The van der Waals surface area contributed by atoms with Gasteiger partial charge in [0, 0.05) is 12.6 Å². The number of carbonyl (C=O) groups is 1. The molecule has 4 heteroatoms. The lowest BCUT2D eigenvalue weighted by atomic mass is 9.91. The zero-order valence-corrected chi connectivity index (χ0v) is 9.74. The van der Waals surface area contributed by atoms with Crippen LogP contribution in [0.4, 0.5) is 0 Å². The van der Waals surface area contributed by atoms with E-state index in [1.165, 1.54) is 7.11 Å². The monoisotopic (exact) mass is 214 g/mol. The van der Waals surface area contributed by atoms with Crippen LogP contribution >= 0.6 is 0 Å². The van der Waals surface area contributed by atoms with Crippen molar-refractivity contribution >= 4 is 5.97 Å². The Morgan fingerprint density at radius 1 is 1.53 bits per heavy atom. The molecule has 1 atom stereocenters. The smallest absolute Gasteiger partial charge is 0.306 e. The molecule has 1 aliphatic rings. The second kappa shape index (κ2) is 6.08. The fourth-order valence-electron chi connectivity index (χ4n) is 2.05. The van der Waals surface area contributed by atoms with Gasteiger partial charge >= 0.3 is 5.97 Å². The Bertz CT molecular complexity index is 199. The molecule has 1 fully saturated rings. The molecular formula is C11H22N2O2. The molecule has 0 spiro atoms. The van der Waals surface area contributed by atoms with Crippen LogP contribution in [-0.4, -0.2) is 43.7 Å². The lowest BCUT2D eigenvalue weighted by Crippen LogP contribution is -2.40. The molecule has 0 aromatic carbocycles. The normalized spacial score (nSPS) is 21.3. The number of esters is 1. The van der Waals surface area contributed by atoms with Crippen molar-refractivity contribution in [3.05, 3.63) is 0 Å². The van der Waals surface area contributed by atoms with Crippen molar-refractivity contribution in [2.45, 2.75) is 32.2 Å². The lowest BCUT2D eigenvalue weighted by Gasteiger charge is -2.33. The van der Waals surface area contributed by atoms with Crippen molar-refractivity contribution < 1.29 is 9.53 Å². The van der Waals surface area contributed by atoms with Gasteiger partial charge in [0.25, 0.3) is 0 Å². The second-order valence-electron chi connectivity index (χ2n) is 4.36. The number of methoxy groups -OCH3 is 1. The van der Waals surface area contributed by atoms with Crippen LogP contribution in [0.25, 0.3) is 0 Å². The zero-order chi connectivity index (χ0) is 11.3. The number of hydrogen-bond donors (Lipinski definition) is 1. The van der Waals surface area contributed by atoms with Gasteiger partial charge in [-0.2, -0.15) is 0 Å². The summed E-state index contributed by atoms with van der Waals surface area (Å²) in [5, 5.41) is 0. The molecule has 2 N–H and O–H groups in total. The van der Waals surface area contributed by atoms with E-state index in [9.17, 15) is 4.79 Å². The summed E-state index contributed by atoms with van der Waals surface area (Å²) in [5.74, 6) is 0.531. The summed E-state index contributed by atoms with van der Waals surface area (Å²) in [4.78, 5) is 13.3. The fraction of sp³-hybridized carbons (Fsp3) is 0.909.